The molecule has 1 aliphatic carbocycles. The molecule has 1 unspecified atom stereocenters. The predicted molar refractivity (Wildman–Crippen MR) is 46.9 cm³/mol. The molecular formula is C10H12O3. The molecule has 0 radical (unpaired) electrons. The van der Waals surface area contributed by atoms with Gasteiger partial charge in [0.2, 0.25) is 0 Å². The molecule has 70 valence electrons. The normalized spacial score (nSPS) is 31.8. The quantitative estimate of drug-likeness (QED) is 0.574. The first kappa shape index (κ1) is 8.35. The van der Waals surface area contributed by atoms with Crippen LogP contribution in [0.15, 0.2) is 24.0 Å². The molecule has 2 aliphatic rings. The molecule has 1 saturated heterocycles. The first-order chi connectivity index (χ1) is 6.24. The van der Waals surface area contributed by atoms with E-state index in [0.29, 0.717) is 6.42 Å². The van der Waals surface area contributed by atoms with Crippen LogP contribution in [0.2, 0.25) is 0 Å². The van der Waals surface area contributed by atoms with E-state index in [1.807, 2.05) is 18.2 Å². The van der Waals surface area contributed by atoms with Crippen molar-refractivity contribution in [3.63, 3.8) is 0 Å². The SMILES string of the molecule is COC1=CCC2(C=C1)CCC(=O)O2. The van der Waals surface area contributed by atoms with Gasteiger partial charge in [-0.3, -0.25) is 4.79 Å². The van der Waals surface area contributed by atoms with E-state index >= 15 is 0 Å². The van der Waals surface area contributed by atoms with Crippen molar-refractivity contribution >= 4 is 5.97 Å². The van der Waals surface area contributed by atoms with Crippen LogP contribution < -0.4 is 0 Å². The summed E-state index contributed by atoms with van der Waals surface area (Å²) in [6.45, 7) is 0. The second kappa shape index (κ2) is 2.91. The third-order valence-electron chi connectivity index (χ3n) is 2.51. The van der Waals surface area contributed by atoms with Crippen LogP contribution in [0.4, 0.5) is 0 Å². The van der Waals surface area contributed by atoms with Crippen LogP contribution in [0.3, 0.4) is 0 Å². The summed E-state index contributed by atoms with van der Waals surface area (Å²) < 4.78 is 10.3. The average Bonchev–Trinajstić information content (AvgIpc) is 2.49. The number of ether oxygens (including phenoxy) is 2. The van der Waals surface area contributed by atoms with E-state index in [-0.39, 0.29) is 11.6 Å². The molecule has 3 heteroatoms. The van der Waals surface area contributed by atoms with E-state index < -0.39 is 0 Å². The summed E-state index contributed by atoms with van der Waals surface area (Å²) in [4.78, 5) is 11.0. The van der Waals surface area contributed by atoms with E-state index in [2.05, 4.69) is 0 Å². The topological polar surface area (TPSA) is 35.5 Å². The van der Waals surface area contributed by atoms with Gasteiger partial charge in [0.25, 0.3) is 0 Å². The van der Waals surface area contributed by atoms with E-state index in [0.717, 1.165) is 18.6 Å². The van der Waals surface area contributed by atoms with Crippen molar-refractivity contribution in [3.05, 3.63) is 24.0 Å². The van der Waals surface area contributed by atoms with Crippen molar-refractivity contribution in [2.75, 3.05) is 7.11 Å². The smallest absolute Gasteiger partial charge is 0.306 e. The highest BCUT2D eigenvalue weighted by atomic mass is 16.6. The number of rotatable bonds is 1. The fourth-order valence-electron chi connectivity index (χ4n) is 1.70. The van der Waals surface area contributed by atoms with Crippen LogP contribution in [-0.4, -0.2) is 18.7 Å². The minimum Gasteiger partial charge on any atom is -0.497 e. The molecule has 1 fully saturated rings. The summed E-state index contributed by atoms with van der Waals surface area (Å²) in [6, 6.07) is 0. The highest BCUT2D eigenvalue weighted by Crippen LogP contribution is 2.34. The Labute approximate surface area is 77.0 Å². The van der Waals surface area contributed by atoms with Gasteiger partial charge in [0.1, 0.15) is 11.4 Å². The molecule has 0 amide bonds. The number of hydrogen-bond acceptors (Lipinski definition) is 3. The first-order valence-corrected chi connectivity index (χ1v) is 4.39. The van der Waals surface area contributed by atoms with Gasteiger partial charge in [0, 0.05) is 19.3 Å². The summed E-state index contributed by atoms with van der Waals surface area (Å²) >= 11 is 0. The molecule has 1 aliphatic heterocycles. The molecule has 3 nitrogen and oxygen atoms in total. The van der Waals surface area contributed by atoms with Gasteiger partial charge in [0.05, 0.1) is 7.11 Å². The Balaban J connectivity index is 2.11. The van der Waals surface area contributed by atoms with E-state index in [4.69, 9.17) is 9.47 Å². The second-order valence-corrected chi connectivity index (χ2v) is 3.39. The van der Waals surface area contributed by atoms with Crippen LogP contribution in [0.1, 0.15) is 19.3 Å². The number of carbonyl (C=O) groups is 1. The highest BCUT2D eigenvalue weighted by molar-refractivity contribution is 5.73. The third-order valence-corrected chi connectivity index (χ3v) is 2.51. The zero-order chi connectivity index (χ0) is 9.31. The predicted octanol–water partition coefficient (Wildman–Crippen LogP) is 1.55. The van der Waals surface area contributed by atoms with E-state index in [1.54, 1.807) is 7.11 Å². The molecule has 0 N–H and O–H groups in total. The summed E-state index contributed by atoms with van der Waals surface area (Å²) in [5, 5.41) is 0. The summed E-state index contributed by atoms with van der Waals surface area (Å²) in [6.07, 6.45) is 7.80. The summed E-state index contributed by atoms with van der Waals surface area (Å²) in [5.74, 6) is 0.743. The van der Waals surface area contributed by atoms with Crippen LogP contribution >= 0.6 is 0 Å². The maximum absolute atomic E-state index is 11.0. The molecule has 1 heterocycles. The maximum Gasteiger partial charge on any atom is 0.306 e. The lowest BCUT2D eigenvalue weighted by molar-refractivity contribution is -0.145. The van der Waals surface area contributed by atoms with E-state index in [9.17, 15) is 4.79 Å². The lowest BCUT2D eigenvalue weighted by atomic mass is 9.92. The molecule has 0 aromatic carbocycles. The Morgan fingerprint density at radius 2 is 2.46 bits per heavy atom. The highest BCUT2D eigenvalue weighted by Gasteiger charge is 2.38. The lowest BCUT2D eigenvalue weighted by Gasteiger charge is -2.25. The number of esters is 1. The van der Waals surface area contributed by atoms with Gasteiger partial charge in [-0.15, -0.1) is 0 Å². The fourth-order valence-corrected chi connectivity index (χ4v) is 1.70. The third kappa shape index (κ3) is 1.46. The maximum atomic E-state index is 11.0. The zero-order valence-corrected chi connectivity index (χ0v) is 7.58. The zero-order valence-electron chi connectivity index (χ0n) is 7.58. The van der Waals surface area contributed by atoms with E-state index in [1.165, 1.54) is 0 Å². The molecule has 0 bridgehead atoms. The average molecular weight is 180 g/mol. The monoisotopic (exact) mass is 180 g/mol. The molecule has 0 saturated carbocycles. The molecule has 13 heavy (non-hydrogen) atoms. The lowest BCUT2D eigenvalue weighted by Crippen LogP contribution is -2.26. The number of carbonyl (C=O) groups excluding carboxylic acids is 1. The summed E-state index contributed by atoms with van der Waals surface area (Å²) in [5.41, 5.74) is -0.362. The van der Waals surface area contributed by atoms with Gasteiger partial charge >= 0.3 is 5.97 Å². The molecule has 2 rings (SSSR count). The van der Waals surface area contributed by atoms with Crippen molar-refractivity contribution < 1.29 is 14.3 Å². The Bertz CT molecular complexity index is 291. The van der Waals surface area contributed by atoms with Gasteiger partial charge in [-0.2, -0.15) is 0 Å². The molecular weight excluding hydrogens is 168 g/mol. The van der Waals surface area contributed by atoms with Crippen LogP contribution in [0.25, 0.3) is 0 Å². The van der Waals surface area contributed by atoms with Gasteiger partial charge in [0.15, 0.2) is 0 Å². The Kier molecular flexibility index (Phi) is 1.87. The van der Waals surface area contributed by atoms with Gasteiger partial charge in [-0.1, -0.05) is 0 Å². The van der Waals surface area contributed by atoms with Crippen molar-refractivity contribution in [1.29, 1.82) is 0 Å². The van der Waals surface area contributed by atoms with Gasteiger partial charge in [-0.25, -0.2) is 0 Å². The van der Waals surface area contributed by atoms with Gasteiger partial charge in [-0.05, 0) is 18.2 Å². The van der Waals surface area contributed by atoms with Crippen molar-refractivity contribution in [2.24, 2.45) is 0 Å². The summed E-state index contributed by atoms with van der Waals surface area (Å²) in [7, 11) is 1.63. The second-order valence-electron chi connectivity index (χ2n) is 3.39. The minimum absolute atomic E-state index is 0.0982. The van der Waals surface area contributed by atoms with Crippen LogP contribution in [-0.2, 0) is 14.3 Å². The minimum atomic E-state index is -0.362. The first-order valence-electron chi connectivity index (χ1n) is 4.39. The Morgan fingerprint density at radius 1 is 1.62 bits per heavy atom. The fraction of sp³-hybridized carbons (Fsp3) is 0.500. The Hall–Kier alpha value is -1.25. The van der Waals surface area contributed by atoms with Crippen LogP contribution in [0, 0.1) is 0 Å². The van der Waals surface area contributed by atoms with Crippen LogP contribution in [0.5, 0.6) is 0 Å². The molecule has 1 atom stereocenters. The Morgan fingerprint density at radius 3 is 2.92 bits per heavy atom. The molecule has 0 aromatic heterocycles. The van der Waals surface area contributed by atoms with Crippen molar-refractivity contribution in [2.45, 2.75) is 24.9 Å². The number of methoxy groups -OCH3 is 1. The van der Waals surface area contributed by atoms with Gasteiger partial charge < -0.3 is 9.47 Å². The van der Waals surface area contributed by atoms with Crippen molar-refractivity contribution in [1.82, 2.24) is 0 Å². The van der Waals surface area contributed by atoms with Crippen molar-refractivity contribution in [3.8, 4) is 0 Å². The largest absolute Gasteiger partial charge is 0.497 e. The molecule has 1 spiro atoms. The standard InChI is InChI=1S/C10H12O3/c1-12-8-2-5-10(6-3-8)7-4-9(11)13-10/h2-3,5H,4,6-7H2,1H3. The number of hydrogen-bond donors (Lipinski definition) is 0. The number of allylic oxidation sites excluding steroid dienone is 1. The molecule has 0 aromatic rings.